The molecular weight excluding hydrogens is 605 g/mol. The number of carbonyl (C=O) groups is 2. The van der Waals surface area contributed by atoms with Crippen LogP contribution >= 0.6 is 11.6 Å². The summed E-state index contributed by atoms with van der Waals surface area (Å²) in [5.41, 5.74) is -2.02. The molecule has 0 saturated heterocycles. The van der Waals surface area contributed by atoms with Crippen LogP contribution in [-0.2, 0) is 16.3 Å². The molecule has 19 heteroatoms. The number of ether oxygens (including phenoxy) is 1. The maximum Gasteiger partial charge on any atom is 0.522 e. The molecule has 0 fully saturated rings. The number of nitrogens with zero attached hydrogens (tertiary/aromatic N) is 1. The highest BCUT2D eigenvalue weighted by Crippen LogP contribution is 2.36. The van der Waals surface area contributed by atoms with E-state index in [2.05, 4.69) is 15.6 Å². The Labute approximate surface area is 224 Å². The van der Waals surface area contributed by atoms with Gasteiger partial charge in [0.15, 0.2) is 0 Å². The molecule has 2 aromatic carbocycles. The molecule has 3 aromatic rings. The van der Waals surface area contributed by atoms with Gasteiger partial charge in [0, 0.05) is 24.0 Å². The number of hydrogen-bond donors (Lipinski definition) is 4. The molecule has 0 aliphatic carbocycles. The second kappa shape index (κ2) is 12.3. The monoisotopic (exact) mass is 618 g/mol. The van der Waals surface area contributed by atoms with Crippen LogP contribution in [0, 0.1) is 5.82 Å². The van der Waals surface area contributed by atoms with Gasteiger partial charge in [0.2, 0.25) is 0 Å². The third-order valence-electron chi connectivity index (χ3n) is 4.23. The van der Waals surface area contributed by atoms with Gasteiger partial charge < -0.3 is 21.1 Å². The second-order valence-corrected chi connectivity index (χ2v) is 9.00. The number of pyridine rings is 1. The highest BCUT2D eigenvalue weighted by atomic mass is 35.5. The lowest BCUT2D eigenvalue weighted by Gasteiger charge is -2.13. The Kier molecular flexibility index (Phi) is 9.90. The van der Waals surface area contributed by atoms with Gasteiger partial charge in [0.25, 0.3) is 5.91 Å². The fourth-order valence-corrected chi connectivity index (χ4v) is 2.74. The summed E-state index contributed by atoms with van der Waals surface area (Å²) in [5, 5.41) is 3.83. The summed E-state index contributed by atoms with van der Waals surface area (Å²) in [4.78, 5) is 27.0. The Morgan fingerprint density at radius 3 is 2.08 bits per heavy atom. The highest BCUT2D eigenvalue weighted by molar-refractivity contribution is 7.86. The number of halogens is 8. The molecule has 0 aliphatic heterocycles. The van der Waals surface area contributed by atoms with Crippen molar-refractivity contribution in [2.24, 2.45) is 5.73 Å². The van der Waals surface area contributed by atoms with Crippen LogP contribution in [0.4, 0.5) is 46.9 Å². The van der Waals surface area contributed by atoms with Gasteiger partial charge in [0.1, 0.15) is 23.0 Å². The molecule has 5 N–H and O–H groups in total. The van der Waals surface area contributed by atoms with Crippen LogP contribution in [0.3, 0.4) is 0 Å². The zero-order chi connectivity index (χ0) is 30.5. The molecule has 0 spiro atoms. The number of rotatable bonds is 5. The number of anilines is 2. The molecule has 0 aliphatic rings. The van der Waals surface area contributed by atoms with Crippen LogP contribution < -0.4 is 21.1 Å². The van der Waals surface area contributed by atoms with Crippen molar-refractivity contribution in [1.29, 1.82) is 0 Å². The van der Waals surface area contributed by atoms with Crippen molar-refractivity contribution in [3.8, 4) is 11.5 Å². The first-order valence-electron chi connectivity index (χ1n) is 9.99. The lowest BCUT2D eigenvalue weighted by Crippen LogP contribution is -2.21. The van der Waals surface area contributed by atoms with Gasteiger partial charge in [-0.2, -0.15) is 34.8 Å². The average Bonchev–Trinajstić information content (AvgIpc) is 2.80. The quantitative estimate of drug-likeness (QED) is 0.159. The zero-order valence-corrected chi connectivity index (χ0v) is 20.7. The van der Waals surface area contributed by atoms with Crippen LogP contribution in [0.5, 0.6) is 11.5 Å². The molecule has 0 unspecified atom stereocenters. The van der Waals surface area contributed by atoms with E-state index in [1.165, 1.54) is 36.5 Å². The molecule has 10 nitrogen and oxygen atoms in total. The lowest BCUT2D eigenvalue weighted by atomic mass is 10.2. The highest BCUT2D eigenvalue weighted by Gasteiger charge is 2.44. The van der Waals surface area contributed by atoms with Crippen molar-refractivity contribution in [2.45, 2.75) is 11.7 Å². The maximum atomic E-state index is 14.4. The SMILES string of the molecule is NC(=O)c1cc(Oc2ccc(NC(=O)Nc3ccc(Cl)c(C(F)(F)F)c3)c(F)c2)ccn1.O=S(=O)(O)C(F)(F)F. The molecule has 0 radical (unpaired) electrons. The van der Waals surface area contributed by atoms with E-state index in [9.17, 15) is 40.3 Å². The van der Waals surface area contributed by atoms with E-state index in [0.29, 0.717) is 6.07 Å². The molecule has 40 heavy (non-hydrogen) atoms. The molecule has 0 atom stereocenters. The minimum Gasteiger partial charge on any atom is -0.457 e. The molecule has 3 rings (SSSR count). The van der Waals surface area contributed by atoms with Crippen LogP contribution in [0.2, 0.25) is 5.02 Å². The van der Waals surface area contributed by atoms with Gasteiger partial charge >= 0.3 is 27.8 Å². The summed E-state index contributed by atoms with van der Waals surface area (Å²) >= 11 is 5.53. The molecule has 1 aromatic heterocycles. The van der Waals surface area contributed by atoms with E-state index in [0.717, 1.165) is 12.1 Å². The van der Waals surface area contributed by atoms with Crippen molar-refractivity contribution in [2.75, 3.05) is 10.6 Å². The number of carbonyl (C=O) groups excluding carboxylic acids is 2. The molecule has 0 bridgehead atoms. The van der Waals surface area contributed by atoms with E-state index in [1.807, 2.05) is 0 Å². The fraction of sp³-hybridized carbons (Fsp3) is 0.0952. The number of hydrogen-bond acceptors (Lipinski definition) is 6. The Bertz CT molecular complexity index is 1520. The van der Waals surface area contributed by atoms with Crippen molar-refractivity contribution in [3.63, 3.8) is 0 Å². The van der Waals surface area contributed by atoms with E-state index in [-0.39, 0.29) is 28.6 Å². The number of nitrogens with one attached hydrogen (secondary N) is 2. The third kappa shape index (κ3) is 9.24. The predicted octanol–water partition coefficient (Wildman–Crippen LogP) is 5.82. The molecular formula is C21H14ClF7N4O6S. The van der Waals surface area contributed by atoms with E-state index >= 15 is 0 Å². The number of aromatic nitrogens is 1. The number of primary amides is 1. The van der Waals surface area contributed by atoms with E-state index in [1.54, 1.807) is 0 Å². The largest absolute Gasteiger partial charge is 0.522 e. The van der Waals surface area contributed by atoms with E-state index < -0.39 is 50.1 Å². The molecule has 1 heterocycles. The summed E-state index contributed by atoms with van der Waals surface area (Å²) in [6.07, 6.45) is -3.42. The van der Waals surface area contributed by atoms with Crippen molar-refractivity contribution >= 4 is 45.0 Å². The fourth-order valence-electron chi connectivity index (χ4n) is 2.51. The predicted molar refractivity (Wildman–Crippen MR) is 126 cm³/mol. The van der Waals surface area contributed by atoms with Crippen LogP contribution in [-0.4, -0.2) is 35.4 Å². The summed E-state index contributed by atoms with van der Waals surface area (Å²) in [6, 6.07) is 7.99. The minimum atomic E-state index is -5.84. The van der Waals surface area contributed by atoms with Crippen LogP contribution in [0.25, 0.3) is 0 Å². The summed E-state index contributed by atoms with van der Waals surface area (Å²) in [5.74, 6) is -1.43. The second-order valence-electron chi connectivity index (χ2n) is 7.18. The zero-order valence-electron chi connectivity index (χ0n) is 19.1. The van der Waals surface area contributed by atoms with Gasteiger partial charge in [-0.05, 0) is 36.4 Å². The van der Waals surface area contributed by atoms with E-state index in [4.69, 9.17) is 35.0 Å². The van der Waals surface area contributed by atoms with Gasteiger partial charge in [0.05, 0.1) is 16.3 Å². The van der Waals surface area contributed by atoms with Gasteiger partial charge in [-0.3, -0.25) is 14.3 Å². The first kappa shape index (κ1) is 32.1. The van der Waals surface area contributed by atoms with Crippen molar-refractivity contribution < 1.29 is 58.0 Å². The van der Waals surface area contributed by atoms with Crippen LogP contribution in [0.15, 0.2) is 54.7 Å². The Hall–Kier alpha value is -4.16. The minimum absolute atomic E-state index is 0.0441. The maximum absolute atomic E-state index is 14.4. The van der Waals surface area contributed by atoms with Gasteiger partial charge in [-0.1, -0.05) is 11.6 Å². The number of amides is 3. The molecule has 216 valence electrons. The standard InChI is InChI=1S/C20H13ClF4N4O3.CHF3O3S/c21-14-3-1-10(7-13(14)20(23,24)25)28-19(31)29-16-4-2-11(8-15(16)22)32-12-5-6-27-17(9-12)18(26)30;2-1(3,4)8(5,6)7/h1-9H,(H2,26,30)(H2,28,29,31);(H,5,6,7). The van der Waals surface area contributed by atoms with Gasteiger partial charge in [-0.25, -0.2) is 9.18 Å². The number of alkyl halides is 6. The summed E-state index contributed by atoms with van der Waals surface area (Å²) < 4.78 is 116. The topological polar surface area (TPSA) is 161 Å². The van der Waals surface area contributed by atoms with Gasteiger partial charge in [-0.15, -0.1) is 0 Å². The normalized spacial score (nSPS) is 11.6. The van der Waals surface area contributed by atoms with Crippen LogP contribution in [0.1, 0.15) is 16.1 Å². The molecule has 0 saturated carbocycles. The number of urea groups is 1. The third-order valence-corrected chi connectivity index (χ3v) is 5.14. The average molecular weight is 619 g/mol. The summed E-state index contributed by atoms with van der Waals surface area (Å²) in [6.45, 7) is 0. The lowest BCUT2D eigenvalue weighted by molar-refractivity contribution is -0.137. The summed E-state index contributed by atoms with van der Waals surface area (Å²) in [7, 11) is -5.84. The molecule has 3 amide bonds. The van der Waals surface area contributed by atoms with Crippen molar-refractivity contribution in [3.05, 3.63) is 76.8 Å². The Morgan fingerprint density at radius 1 is 0.950 bits per heavy atom. The first-order valence-corrected chi connectivity index (χ1v) is 11.8. The Morgan fingerprint density at radius 2 is 1.55 bits per heavy atom. The Balaban J connectivity index is 0.000000611. The van der Waals surface area contributed by atoms with Crippen molar-refractivity contribution in [1.82, 2.24) is 4.98 Å². The first-order chi connectivity index (χ1) is 18.3. The number of benzene rings is 2. The smallest absolute Gasteiger partial charge is 0.457 e. The number of nitrogens with two attached hydrogens (primary N) is 1.